The molecule has 0 saturated carbocycles. The number of ether oxygens (including phenoxy) is 1. The number of piperidine rings is 1. The monoisotopic (exact) mass is 225 g/mol. The molecule has 82 valence electrons. The summed E-state index contributed by atoms with van der Waals surface area (Å²) < 4.78 is 5.27. The highest BCUT2D eigenvalue weighted by Gasteiger charge is 2.22. The molecule has 4 heteroatoms. The van der Waals surface area contributed by atoms with Gasteiger partial charge in [0.05, 0.1) is 5.92 Å². The lowest BCUT2D eigenvalue weighted by atomic mass is 9.99. The topological polar surface area (TPSA) is 38.3 Å². The van der Waals surface area contributed by atoms with Gasteiger partial charge in [-0.1, -0.05) is 6.07 Å². The predicted octanol–water partition coefficient (Wildman–Crippen LogP) is 1.79. The van der Waals surface area contributed by atoms with Crippen LogP contribution in [0.15, 0.2) is 17.5 Å². The molecule has 1 aliphatic heterocycles. The van der Waals surface area contributed by atoms with Crippen LogP contribution >= 0.6 is 11.3 Å². The first-order chi connectivity index (χ1) is 7.36. The van der Waals surface area contributed by atoms with Gasteiger partial charge in [0.25, 0.3) is 0 Å². The zero-order valence-electron chi connectivity index (χ0n) is 8.57. The molecule has 0 aliphatic carbocycles. The summed E-state index contributed by atoms with van der Waals surface area (Å²) >= 11 is 1.62. The molecule has 1 aromatic heterocycles. The average Bonchev–Trinajstić information content (AvgIpc) is 2.80. The molecule has 0 bridgehead atoms. The van der Waals surface area contributed by atoms with E-state index >= 15 is 0 Å². The summed E-state index contributed by atoms with van der Waals surface area (Å²) in [4.78, 5) is 12.8. The molecule has 2 rings (SSSR count). The lowest BCUT2D eigenvalue weighted by Crippen LogP contribution is -2.32. The Morgan fingerprint density at radius 2 is 2.33 bits per heavy atom. The Hall–Kier alpha value is -0.870. The first-order valence-corrected chi connectivity index (χ1v) is 6.14. The molecule has 0 spiro atoms. The van der Waals surface area contributed by atoms with E-state index in [9.17, 15) is 4.79 Å². The molecule has 2 heterocycles. The minimum absolute atomic E-state index is 0.0371. The van der Waals surface area contributed by atoms with Crippen LogP contribution in [0.5, 0.6) is 0 Å². The second kappa shape index (κ2) is 5.28. The zero-order valence-corrected chi connectivity index (χ0v) is 9.39. The minimum atomic E-state index is -0.0371. The maximum Gasteiger partial charge on any atom is 0.309 e. The Kier molecular flexibility index (Phi) is 3.75. The van der Waals surface area contributed by atoms with Crippen LogP contribution in [0.4, 0.5) is 0 Å². The van der Waals surface area contributed by atoms with Crippen LogP contribution in [-0.4, -0.2) is 19.1 Å². The first-order valence-electron chi connectivity index (χ1n) is 5.26. The van der Waals surface area contributed by atoms with Gasteiger partial charge in [0.2, 0.25) is 0 Å². The van der Waals surface area contributed by atoms with Crippen molar-refractivity contribution >= 4 is 17.3 Å². The molecule has 15 heavy (non-hydrogen) atoms. The predicted molar refractivity (Wildman–Crippen MR) is 59.7 cm³/mol. The fourth-order valence-electron chi connectivity index (χ4n) is 1.71. The highest BCUT2D eigenvalue weighted by molar-refractivity contribution is 7.09. The second-order valence-corrected chi connectivity index (χ2v) is 4.74. The minimum Gasteiger partial charge on any atom is -0.460 e. The summed E-state index contributed by atoms with van der Waals surface area (Å²) in [5.74, 6) is 0.0658. The van der Waals surface area contributed by atoms with E-state index in [4.69, 9.17) is 4.74 Å². The van der Waals surface area contributed by atoms with E-state index in [2.05, 4.69) is 5.32 Å². The second-order valence-electron chi connectivity index (χ2n) is 3.71. The third-order valence-corrected chi connectivity index (χ3v) is 3.46. The standard InChI is InChI=1S/C11H15NO2S/c13-11(9-3-5-12-6-4-9)14-8-10-2-1-7-15-10/h1-2,7,9,12H,3-6,8H2. The maximum absolute atomic E-state index is 11.6. The normalized spacial score (nSPS) is 17.6. The number of nitrogens with one attached hydrogen (secondary N) is 1. The summed E-state index contributed by atoms with van der Waals surface area (Å²) in [6, 6.07) is 3.96. The van der Waals surface area contributed by atoms with E-state index in [0.29, 0.717) is 6.61 Å². The fourth-order valence-corrected chi connectivity index (χ4v) is 2.33. The van der Waals surface area contributed by atoms with Crippen LogP contribution in [0, 0.1) is 5.92 Å². The molecule has 0 amide bonds. The molecular weight excluding hydrogens is 210 g/mol. The molecule has 0 atom stereocenters. The van der Waals surface area contributed by atoms with Gasteiger partial charge in [-0.15, -0.1) is 11.3 Å². The third kappa shape index (κ3) is 3.04. The summed E-state index contributed by atoms with van der Waals surface area (Å²) in [6.07, 6.45) is 1.81. The smallest absolute Gasteiger partial charge is 0.309 e. The van der Waals surface area contributed by atoms with Crippen molar-refractivity contribution in [1.29, 1.82) is 0 Å². The number of hydrogen-bond donors (Lipinski definition) is 1. The maximum atomic E-state index is 11.6. The van der Waals surface area contributed by atoms with Crippen molar-refractivity contribution in [2.24, 2.45) is 5.92 Å². The van der Waals surface area contributed by atoms with E-state index < -0.39 is 0 Å². The van der Waals surface area contributed by atoms with Gasteiger partial charge in [0.15, 0.2) is 0 Å². The van der Waals surface area contributed by atoms with Gasteiger partial charge in [-0.05, 0) is 37.4 Å². The quantitative estimate of drug-likeness (QED) is 0.797. The lowest BCUT2D eigenvalue weighted by Gasteiger charge is -2.20. The Labute approximate surface area is 93.4 Å². The van der Waals surface area contributed by atoms with Crippen LogP contribution in [0.2, 0.25) is 0 Å². The van der Waals surface area contributed by atoms with Crippen molar-refractivity contribution in [3.63, 3.8) is 0 Å². The van der Waals surface area contributed by atoms with Crippen molar-refractivity contribution < 1.29 is 9.53 Å². The average molecular weight is 225 g/mol. The molecule has 1 fully saturated rings. The van der Waals surface area contributed by atoms with Crippen molar-refractivity contribution in [2.45, 2.75) is 19.4 Å². The molecular formula is C11H15NO2S. The van der Waals surface area contributed by atoms with Crippen molar-refractivity contribution in [3.05, 3.63) is 22.4 Å². The molecule has 1 N–H and O–H groups in total. The Morgan fingerprint density at radius 1 is 1.53 bits per heavy atom. The lowest BCUT2D eigenvalue weighted by molar-refractivity contribution is -0.150. The molecule has 1 aromatic rings. The van der Waals surface area contributed by atoms with Crippen LogP contribution in [0.1, 0.15) is 17.7 Å². The molecule has 0 unspecified atom stereocenters. The van der Waals surface area contributed by atoms with E-state index in [1.165, 1.54) is 0 Å². The SMILES string of the molecule is O=C(OCc1cccs1)C1CCNCC1. The molecule has 1 saturated heterocycles. The van der Waals surface area contributed by atoms with E-state index in [1.54, 1.807) is 11.3 Å². The molecule has 3 nitrogen and oxygen atoms in total. The van der Waals surface area contributed by atoms with Crippen molar-refractivity contribution in [3.8, 4) is 0 Å². The van der Waals surface area contributed by atoms with Crippen LogP contribution < -0.4 is 5.32 Å². The van der Waals surface area contributed by atoms with Crippen molar-refractivity contribution in [2.75, 3.05) is 13.1 Å². The van der Waals surface area contributed by atoms with Gasteiger partial charge in [0.1, 0.15) is 6.61 Å². The van der Waals surface area contributed by atoms with Gasteiger partial charge >= 0.3 is 5.97 Å². The summed E-state index contributed by atoms with van der Waals surface area (Å²) in [7, 11) is 0. The molecule has 0 radical (unpaired) electrons. The highest BCUT2D eigenvalue weighted by Crippen LogP contribution is 2.16. The van der Waals surface area contributed by atoms with Crippen LogP contribution in [0.3, 0.4) is 0 Å². The number of rotatable bonds is 3. The summed E-state index contributed by atoms with van der Waals surface area (Å²) in [5.41, 5.74) is 0. The largest absolute Gasteiger partial charge is 0.460 e. The van der Waals surface area contributed by atoms with Gasteiger partial charge in [-0.3, -0.25) is 4.79 Å². The van der Waals surface area contributed by atoms with Gasteiger partial charge in [0, 0.05) is 4.88 Å². The Morgan fingerprint density at radius 3 is 3.00 bits per heavy atom. The van der Waals surface area contributed by atoms with E-state index in [0.717, 1.165) is 30.8 Å². The molecule has 1 aliphatic rings. The van der Waals surface area contributed by atoms with Crippen LogP contribution in [0.25, 0.3) is 0 Å². The summed E-state index contributed by atoms with van der Waals surface area (Å²) in [6.45, 7) is 2.29. The fraction of sp³-hybridized carbons (Fsp3) is 0.545. The van der Waals surface area contributed by atoms with Gasteiger partial charge in [-0.25, -0.2) is 0 Å². The number of hydrogen-bond acceptors (Lipinski definition) is 4. The van der Waals surface area contributed by atoms with E-state index in [1.807, 2.05) is 17.5 Å². The zero-order chi connectivity index (χ0) is 10.5. The number of carbonyl (C=O) groups excluding carboxylic acids is 1. The summed E-state index contributed by atoms with van der Waals surface area (Å²) in [5, 5.41) is 5.23. The Balaban J connectivity index is 1.76. The number of carbonyl (C=O) groups is 1. The van der Waals surface area contributed by atoms with Crippen LogP contribution in [-0.2, 0) is 16.1 Å². The molecule has 0 aromatic carbocycles. The van der Waals surface area contributed by atoms with Gasteiger partial charge in [-0.2, -0.15) is 0 Å². The number of esters is 1. The third-order valence-electron chi connectivity index (χ3n) is 2.61. The first kappa shape index (κ1) is 10.6. The highest BCUT2D eigenvalue weighted by atomic mass is 32.1. The van der Waals surface area contributed by atoms with Gasteiger partial charge < -0.3 is 10.1 Å². The van der Waals surface area contributed by atoms with E-state index in [-0.39, 0.29) is 11.9 Å². The van der Waals surface area contributed by atoms with Crippen molar-refractivity contribution in [1.82, 2.24) is 5.32 Å². The Bertz CT molecular complexity index is 304. The number of thiophene rings is 1.